The van der Waals surface area contributed by atoms with Gasteiger partial charge in [0.2, 0.25) is 5.91 Å². The number of amides is 2. The zero-order valence-corrected chi connectivity index (χ0v) is 12.9. The van der Waals surface area contributed by atoms with Crippen molar-refractivity contribution in [2.45, 2.75) is 58.6 Å². The van der Waals surface area contributed by atoms with Gasteiger partial charge in [0.05, 0.1) is 17.4 Å². The van der Waals surface area contributed by atoms with E-state index in [4.69, 9.17) is 4.74 Å². The van der Waals surface area contributed by atoms with Gasteiger partial charge in [-0.1, -0.05) is 0 Å². The van der Waals surface area contributed by atoms with Crippen LogP contribution in [0.2, 0.25) is 0 Å². The molecule has 0 N–H and O–H groups in total. The molecule has 0 saturated carbocycles. The molecule has 1 aliphatic rings. The molecule has 1 unspecified atom stereocenters. The summed E-state index contributed by atoms with van der Waals surface area (Å²) in [6.07, 6.45) is 4.96. The number of ether oxygens (including phenoxy) is 1. The zero-order valence-electron chi connectivity index (χ0n) is 12.9. The number of fused-ring (bicyclic) bond motifs is 1. The Morgan fingerprint density at radius 3 is 2.57 bits per heavy atom. The molecule has 6 nitrogen and oxygen atoms in total. The van der Waals surface area contributed by atoms with E-state index in [0.717, 1.165) is 23.4 Å². The maximum absolute atomic E-state index is 12.3. The number of carbonyl (C=O) groups is 2. The van der Waals surface area contributed by atoms with Crippen LogP contribution < -0.4 is 0 Å². The molecule has 21 heavy (non-hydrogen) atoms. The first-order chi connectivity index (χ1) is 9.79. The molecular weight excluding hydrogens is 270 g/mol. The maximum atomic E-state index is 12.3. The molecule has 1 aromatic heterocycles. The lowest BCUT2D eigenvalue weighted by Gasteiger charge is -2.33. The van der Waals surface area contributed by atoms with Gasteiger partial charge < -0.3 is 4.74 Å². The maximum Gasteiger partial charge on any atom is 0.417 e. The van der Waals surface area contributed by atoms with E-state index in [0.29, 0.717) is 12.1 Å². The van der Waals surface area contributed by atoms with Crippen molar-refractivity contribution in [2.24, 2.45) is 0 Å². The summed E-state index contributed by atoms with van der Waals surface area (Å²) in [5.74, 6) is -0.340. The van der Waals surface area contributed by atoms with Gasteiger partial charge >= 0.3 is 6.09 Å². The standard InChI is InChI=1S/C15H21N3O3/c1-10(19)18(14(20)21-15(2,3)4)12-7-5-6-11-13(12)17-9-8-16-11/h8-9,12H,5-7H2,1-4H3. The van der Waals surface area contributed by atoms with Crippen LogP contribution in [0.15, 0.2) is 12.4 Å². The third-order valence-corrected chi connectivity index (χ3v) is 3.25. The lowest BCUT2D eigenvalue weighted by atomic mass is 9.94. The highest BCUT2D eigenvalue weighted by atomic mass is 16.6. The molecule has 0 fully saturated rings. The van der Waals surface area contributed by atoms with Gasteiger partial charge in [-0.15, -0.1) is 0 Å². The summed E-state index contributed by atoms with van der Waals surface area (Å²) in [6.45, 7) is 6.70. The third kappa shape index (κ3) is 3.56. The Morgan fingerprint density at radius 1 is 1.29 bits per heavy atom. The molecule has 1 aliphatic carbocycles. The molecule has 1 heterocycles. The average molecular weight is 291 g/mol. The van der Waals surface area contributed by atoms with Gasteiger partial charge in [0.1, 0.15) is 5.60 Å². The topological polar surface area (TPSA) is 72.4 Å². The minimum atomic E-state index is -0.648. The first-order valence-corrected chi connectivity index (χ1v) is 7.12. The summed E-state index contributed by atoms with van der Waals surface area (Å²) < 4.78 is 5.35. The van der Waals surface area contributed by atoms with Crippen LogP contribution in [0.5, 0.6) is 0 Å². The Kier molecular flexibility index (Phi) is 4.25. The predicted octanol–water partition coefficient (Wildman–Crippen LogP) is 2.64. The van der Waals surface area contributed by atoms with Crippen LogP contribution in [0.1, 0.15) is 58.0 Å². The monoisotopic (exact) mass is 291 g/mol. The summed E-state index contributed by atoms with van der Waals surface area (Å²) in [5, 5.41) is 0. The molecule has 2 amide bonds. The molecule has 1 aromatic rings. The number of aryl methyl sites for hydroxylation is 1. The Hall–Kier alpha value is -1.98. The second-order valence-electron chi connectivity index (χ2n) is 6.17. The molecule has 0 bridgehead atoms. The van der Waals surface area contributed by atoms with Crippen molar-refractivity contribution in [3.8, 4) is 0 Å². The highest BCUT2D eigenvalue weighted by Crippen LogP contribution is 2.32. The van der Waals surface area contributed by atoms with Crippen LogP contribution in [0, 0.1) is 0 Å². The van der Waals surface area contributed by atoms with Gasteiger partial charge in [-0.05, 0) is 40.0 Å². The van der Waals surface area contributed by atoms with Crippen molar-refractivity contribution < 1.29 is 14.3 Å². The third-order valence-electron chi connectivity index (χ3n) is 3.25. The number of imide groups is 1. The first-order valence-electron chi connectivity index (χ1n) is 7.12. The minimum Gasteiger partial charge on any atom is -0.443 e. The van der Waals surface area contributed by atoms with E-state index in [9.17, 15) is 9.59 Å². The molecule has 0 aliphatic heterocycles. The van der Waals surface area contributed by atoms with Crippen LogP contribution in [0.3, 0.4) is 0 Å². The van der Waals surface area contributed by atoms with E-state index < -0.39 is 17.7 Å². The molecule has 0 saturated heterocycles. The van der Waals surface area contributed by atoms with Crippen molar-refractivity contribution >= 4 is 12.0 Å². The minimum absolute atomic E-state index is 0.340. The van der Waals surface area contributed by atoms with Crippen LogP contribution in [0.25, 0.3) is 0 Å². The van der Waals surface area contributed by atoms with Gasteiger partial charge in [-0.2, -0.15) is 0 Å². The Bertz CT molecular complexity index is 551. The highest BCUT2D eigenvalue weighted by Gasteiger charge is 2.36. The number of nitrogens with zero attached hydrogens (tertiary/aromatic N) is 3. The van der Waals surface area contributed by atoms with Gasteiger partial charge in [0.25, 0.3) is 0 Å². The number of aromatic nitrogens is 2. The molecule has 0 radical (unpaired) electrons. The highest BCUT2D eigenvalue weighted by molar-refractivity contribution is 5.91. The molecule has 0 aromatic carbocycles. The van der Waals surface area contributed by atoms with Crippen molar-refractivity contribution in [1.82, 2.24) is 14.9 Å². The summed E-state index contributed by atoms with van der Waals surface area (Å²) in [6, 6.07) is -0.394. The fourth-order valence-corrected chi connectivity index (χ4v) is 2.49. The number of hydrogen-bond acceptors (Lipinski definition) is 5. The lowest BCUT2D eigenvalue weighted by molar-refractivity contribution is -0.130. The van der Waals surface area contributed by atoms with E-state index in [-0.39, 0.29) is 5.91 Å². The fourth-order valence-electron chi connectivity index (χ4n) is 2.49. The SMILES string of the molecule is CC(=O)N(C(=O)OC(C)(C)C)C1CCCc2nccnc21. The average Bonchev–Trinajstić information content (AvgIpc) is 2.36. The number of rotatable bonds is 1. The molecule has 6 heteroatoms. The van der Waals surface area contributed by atoms with E-state index in [1.54, 1.807) is 33.2 Å². The summed E-state index contributed by atoms with van der Waals surface area (Å²) >= 11 is 0. The van der Waals surface area contributed by atoms with Gasteiger partial charge in [-0.25, -0.2) is 9.69 Å². The Labute approximate surface area is 124 Å². The Balaban J connectivity index is 2.32. The summed E-state index contributed by atoms with van der Waals surface area (Å²) in [5.41, 5.74) is 0.901. The smallest absolute Gasteiger partial charge is 0.417 e. The predicted molar refractivity (Wildman–Crippen MR) is 76.5 cm³/mol. The van der Waals surface area contributed by atoms with Crippen LogP contribution in [0.4, 0.5) is 4.79 Å². The second-order valence-corrected chi connectivity index (χ2v) is 6.17. The quantitative estimate of drug-likeness (QED) is 0.795. The van der Waals surface area contributed by atoms with E-state index in [1.165, 1.54) is 6.92 Å². The number of hydrogen-bond donors (Lipinski definition) is 0. The summed E-state index contributed by atoms with van der Waals surface area (Å²) in [4.78, 5) is 34.1. The molecule has 1 atom stereocenters. The van der Waals surface area contributed by atoms with Gasteiger partial charge in [0, 0.05) is 19.3 Å². The number of carbonyl (C=O) groups excluding carboxylic acids is 2. The van der Waals surface area contributed by atoms with Crippen molar-refractivity contribution in [3.05, 3.63) is 23.8 Å². The van der Waals surface area contributed by atoms with Gasteiger partial charge in [-0.3, -0.25) is 14.8 Å². The largest absolute Gasteiger partial charge is 0.443 e. The normalized spacial score (nSPS) is 17.8. The zero-order chi connectivity index (χ0) is 15.6. The van der Waals surface area contributed by atoms with Crippen molar-refractivity contribution in [1.29, 1.82) is 0 Å². The van der Waals surface area contributed by atoms with Crippen LogP contribution in [-0.2, 0) is 16.0 Å². The summed E-state index contributed by atoms with van der Waals surface area (Å²) in [7, 11) is 0. The van der Waals surface area contributed by atoms with Crippen molar-refractivity contribution in [2.75, 3.05) is 0 Å². The van der Waals surface area contributed by atoms with Crippen LogP contribution >= 0.6 is 0 Å². The van der Waals surface area contributed by atoms with E-state index >= 15 is 0 Å². The van der Waals surface area contributed by atoms with Crippen molar-refractivity contribution in [3.63, 3.8) is 0 Å². The Morgan fingerprint density at radius 2 is 1.95 bits per heavy atom. The lowest BCUT2D eigenvalue weighted by Crippen LogP contribution is -2.43. The van der Waals surface area contributed by atoms with E-state index in [2.05, 4.69) is 9.97 Å². The fraction of sp³-hybridized carbons (Fsp3) is 0.600. The molecular formula is C15H21N3O3. The second kappa shape index (κ2) is 5.79. The van der Waals surface area contributed by atoms with Crippen LogP contribution in [-0.4, -0.2) is 32.5 Å². The first kappa shape index (κ1) is 15.4. The van der Waals surface area contributed by atoms with Gasteiger partial charge in [0.15, 0.2) is 0 Å². The molecule has 114 valence electrons. The van der Waals surface area contributed by atoms with E-state index in [1.807, 2.05) is 0 Å². The molecule has 2 rings (SSSR count). The molecule has 0 spiro atoms.